The van der Waals surface area contributed by atoms with Gasteiger partial charge >= 0.3 is 0 Å². The van der Waals surface area contributed by atoms with Gasteiger partial charge in [0.15, 0.2) is 5.58 Å². The van der Waals surface area contributed by atoms with Crippen LogP contribution < -0.4 is 0 Å². The number of para-hydroxylation sites is 2. The predicted molar refractivity (Wildman–Crippen MR) is 94.8 cm³/mol. The van der Waals surface area contributed by atoms with E-state index in [-0.39, 0.29) is 18.4 Å². The molecule has 1 aliphatic rings. The molecule has 0 saturated carbocycles. The summed E-state index contributed by atoms with van der Waals surface area (Å²) >= 11 is 0. The van der Waals surface area contributed by atoms with Crippen LogP contribution in [0.5, 0.6) is 0 Å². The number of fused-ring (bicyclic) bond motifs is 1. The van der Waals surface area contributed by atoms with Gasteiger partial charge in [-0.15, -0.1) is 0 Å². The van der Waals surface area contributed by atoms with Crippen molar-refractivity contribution in [2.45, 2.75) is 39.2 Å². The Labute approximate surface area is 143 Å². The fourth-order valence-electron chi connectivity index (χ4n) is 3.44. The summed E-state index contributed by atoms with van der Waals surface area (Å²) in [5.74, 6) is 0.986. The summed E-state index contributed by atoms with van der Waals surface area (Å²) in [5, 5.41) is 0. The third-order valence-electron chi connectivity index (χ3n) is 4.94. The van der Waals surface area contributed by atoms with Crippen LogP contribution in [0.4, 0.5) is 0 Å². The molecule has 130 valence electrons. The zero-order valence-electron chi connectivity index (χ0n) is 14.9. The van der Waals surface area contributed by atoms with Gasteiger partial charge < -0.3 is 14.2 Å². The number of carbonyl (C=O) groups is 1. The van der Waals surface area contributed by atoms with Gasteiger partial charge in [-0.1, -0.05) is 26.0 Å². The van der Waals surface area contributed by atoms with Gasteiger partial charge in [0.05, 0.1) is 0 Å². The number of amides is 1. The molecule has 3 rings (SSSR count). The summed E-state index contributed by atoms with van der Waals surface area (Å²) in [6, 6.07) is 7.84. The van der Waals surface area contributed by atoms with Crippen LogP contribution in [0, 0.1) is 5.92 Å². The Balaban J connectivity index is 1.66. The third-order valence-corrected chi connectivity index (χ3v) is 4.94. The number of hydrogen-bond acceptors (Lipinski definition) is 4. The van der Waals surface area contributed by atoms with Crippen LogP contribution in [0.1, 0.15) is 32.6 Å². The average molecular weight is 329 g/mol. The maximum Gasteiger partial charge on any atom is 0.231 e. The molecular formula is C19H27N3O2. The Bertz CT molecular complexity index is 656. The predicted octanol–water partition coefficient (Wildman–Crippen LogP) is 2.95. The van der Waals surface area contributed by atoms with E-state index in [0.717, 1.165) is 30.7 Å². The van der Waals surface area contributed by atoms with E-state index >= 15 is 0 Å². The van der Waals surface area contributed by atoms with Crippen LogP contribution in [0.25, 0.3) is 11.1 Å². The van der Waals surface area contributed by atoms with Crippen molar-refractivity contribution >= 4 is 17.0 Å². The zero-order chi connectivity index (χ0) is 17.1. The van der Waals surface area contributed by atoms with Crippen molar-refractivity contribution < 1.29 is 9.21 Å². The Morgan fingerprint density at radius 1 is 1.29 bits per heavy atom. The highest BCUT2D eigenvalue weighted by Gasteiger charge is 2.27. The molecule has 24 heavy (non-hydrogen) atoms. The van der Waals surface area contributed by atoms with Gasteiger partial charge in [0.25, 0.3) is 0 Å². The van der Waals surface area contributed by atoms with E-state index in [0.29, 0.717) is 11.8 Å². The first-order valence-electron chi connectivity index (χ1n) is 8.87. The maximum absolute atomic E-state index is 12.7. The minimum absolute atomic E-state index is 0.0689. The van der Waals surface area contributed by atoms with Crippen molar-refractivity contribution in [3.8, 4) is 0 Å². The van der Waals surface area contributed by atoms with E-state index in [2.05, 4.69) is 23.7 Å². The van der Waals surface area contributed by atoms with E-state index in [9.17, 15) is 4.79 Å². The highest BCUT2D eigenvalue weighted by atomic mass is 16.3. The van der Waals surface area contributed by atoms with Crippen molar-refractivity contribution in [2.75, 3.05) is 26.7 Å². The molecule has 0 bridgehead atoms. The Hall–Kier alpha value is -1.88. The van der Waals surface area contributed by atoms with E-state index in [4.69, 9.17) is 4.42 Å². The number of carbonyl (C=O) groups excluding carboxylic acids is 1. The molecule has 2 heterocycles. The summed E-state index contributed by atoms with van der Waals surface area (Å²) in [4.78, 5) is 21.5. The van der Waals surface area contributed by atoms with E-state index in [1.54, 1.807) is 0 Å². The number of oxazole rings is 1. The summed E-state index contributed by atoms with van der Waals surface area (Å²) < 4.78 is 5.69. The standard InChI is InChI=1S/C19H27N3O2/c1-14(2)16(13-22-10-6-7-11-22)21(3)19(23)12-18-20-15-8-4-5-9-17(15)24-18/h4-5,8-9,14,16H,6-7,10-13H2,1-3H3. The van der Waals surface area contributed by atoms with Crippen molar-refractivity contribution in [3.63, 3.8) is 0 Å². The minimum atomic E-state index is 0.0689. The summed E-state index contributed by atoms with van der Waals surface area (Å²) in [5.41, 5.74) is 1.54. The number of aromatic nitrogens is 1. The summed E-state index contributed by atoms with van der Waals surface area (Å²) in [6.07, 6.45) is 2.76. The largest absolute Gasteiger partial charge is 0.440 e. The molecule has 1 fully saturated rings. The summed E-state index contributed by atoms with van der Waals surface area (Å²) in [6.45, 7) is 7.62. The van der Waals surface area contributed by atoms with Crippen LogP contribution in [0.2, 0.25) is 0 Å². The lowest BCUT2D eigenvalue weighted by atomic mass is 10.0. The molecule has 1 aliphatic heterocycles. The molecule has 5 nitrogen and oxygen atoms in total. The van der Waals surface area contributed by atoms with Crippen LogP contribution in [-0.4, -0.2) is 53.4 Å². The van der Waals surface area contributed by atoms with Crippen molar-refractivity contribution in [2.24, 2.45) is 5.92 Å². The fourth-order valence-corrected chi connectivity index (χ4v) is 3.44. The van der Waals surface area contributed by atoms with Gasteiger partial charge in [-0.05, 0) is 44.0 Å². The Morgan fingerprint density at radius 3 is 2.67 bits per heavy atom. The lowest BCUT2D eigenvalue weighted by Gasteiger charge is -2.34. The lowest BCUT2D eigenvalue weighted by Crippen LogP contribution is -2.47. The van der Waals surface area contributed by atoms with Crippen LogP contribution in [-0.2, 0) is 11.2 Å². The molecule has 1 saturated heterocycles. The van der Waals surface area contributed by atoms with Crippen LogP contribution in [0.15, 0.2) is 28.7 Å². The molecule has 0 N–H and O–H groups in total. The fraction of sp³-hybridized carbons (Fsp3) is 0.579. The Morgan fingerprint density at radius 2 is 2.00 bits per heavy atom. The highest BCUT2D eigenvalue weighted by Crippen LogP contribution is 2.18. The first kappa shape index (κ1) is 17.0. The van der Waals surface area contributed by atoms with Gasteiger partial charge in [0, 0.05) is 19.6 Å². The normalized spacial score (nSPS) is 16.8. The molecule has 1 aromatic heterocycles. The second-order valence-corrected chi connectivity index (χ2v) is 7.08. The van der Waals surface area contributed by atoms with E-state index in [1.165, 1.54) is 12.8 Å². The maximum atomic E-state index is 12.7. The van der Waals surface area contributed by atoms with E-state index in [1.807, 2.05) is 36.2 Å². The van der Waals surface area contributed by atoms with Gasteiger partial charge in [-0.2, -0.15) is 0 Å². The average Bonchev–Trinajstić information content (AvgIpc) is 3.20. The molecule has 0 aliphatic carbocycles. The van der Waals surface area contributed by atoms with Crippen LogP contribution in [0.3, 0.4) is 0 Å². The number of hydrogen-bond donors (Lipinski definition) is 0. The quantitative estimate of drug-likeness (QED) is 0.817. The first-order valence-corrected chi connectivity index (χ1v) is 8.87. The molecule has 1 atom stereocenters. The smallest absolute Gasteiger partial charge is 0.231 e. The number of likely N-dealkylation sites (tertiary alicyclic amines) is 1. The SMILES string of the molecule is CC(C)C(CN1CCCC1)N(C)C(=O)Cc1nc2ccccc2o1. The lowest BCUT2D eigenvalue weighted by molar-refractivity contribution is -0.132. The van der Waals surface area contributed by atoms with Gasteiger partial charge in [0.2, 0.25) is 11.8 Å². The number of rotatable bonds is 6. The Kier molecular flexibility index (Phi) is 5.19. The molecule has 1 aromatic carbocycles. The third kappa shape index (κ3) is 3.78. The van der Waals surface area contributed by atoms with Crippen molar-refractivity contribution in [3.05, 3.63) is 30.2 Å². The van der Waals surface area contributed by atoms with Gasteiger partial charge in [-0.25, -0.2) is 4.98 Å². The van der Waals surface area contributed by atoms with Crippen LogP contribution >= 0.6 is 0 Å². The molecule has 5 heteroatoms. The molecule has 0 radical (unpaired) electrons. The van der Waals surface area contributed by atoms with Crippen molar-refractivity contribution in [1.82, 2.24) is 14.8 Å². The molecule has 1 amide bonds. The zero-order valence-corrected chi connectivity index (χ0v) is 14.9. The molecule has 0 spiro atoms. The topological polar surface area (TPSA) is 49.6 Å². The second kappa shape index (κ2) is 7.34. The minimum Gasteiger partial charge on any atom is -0.440 e. The molecule has 1 unspecified atom stereocenters. The highest BCUT2D eigenvalue weighted by molar-refractivity contribution is 5.79. The number of nitrogens with zero attached hydrogens (tertiary/aromatic N) is 3. The number of likely N-dealkylation sites (N-methyl/N-ethyl adjacent to an activating group) is 1. The molecule has 2 aromatic rings. The van der Waals surface area contributed by atoms with Gasteiger partial charge in [0.1, 0.15) is 11.9 Å². The monoisotopic (exact) mass is 329 g/mol. The molecular weight excluding hydrogens is 302 g/mol. The first-order chi connectivity index (χ1) is 11.5. The second-order valence-electron chi connectivity index (χ2n) is 7.08. The number of benzene rings is 1. The van der Waals surface area contributed by atoms with E-state index < -0.39 is 0 Å². The van der Waals surface area contributed by atoms with Gasteiger partial charge in [-0.3, -0.25) is 4.79 Å². The summed E-state index contributed by atoms with van der Waals surface area (Å²) in [7, 11) is 1.91. The van der Waals surface area contributed by atoms with Crippen molar-refractivity contribution in [1.29, 1.82) is 0 Å².